The molecular formula is C19H25N7S. The smallest absolute Gasteiger partial charge is 0.191 e. The fraction of sp³-hybridized carbons (Fsp3) is 0.316. The molecule has 3 rings (SSSR count). The van der Waals surface area contributed by atoms with Crippen molar-refractivity contribution in [1.29, 1.82) is 0 Å². The van der Waals surface area contributed by atoms with E-state index in [0.717, 1.165) is 37.7 Å². The van der Waals surface area contributed by atoms with Crippen LogP contribution in [0.5, 0.6) is 0 Å². The predicted octanol–water partition coefficient (Wildman–Crippen LogP) is 2.03. The fourth-order valence-electron chi connectivity index (χ4n) is 2.70. The Hall–Kier alpha value is -2.58. The number of rotatable bonds is 6. The maximum absolute atomic E-state index is 5.95. The molecule has 1 saturated heterocycles. The van der Waals surface area contributed by atoms with Crippen molar-refractivity contribution in [3.63, 3.8) is 0 Å². The average molecular weight is 384 g/mol. The quantitative estimate of drug-likeness (QED) is 0.303. The highest BCUT2D eigenvalue weighted by molar-refractivity contribution is 7.98. The van der Waals surface area contributed by atoms with Gasteiger partial charge < -0.3 is 21.7 Å². The number of amidine groups is 1. The minimum absolute atomic E-state index is 0.332. The van der Waals surface area contributed by atoms with Gasteiger partial charge in [0.15, 0.2) is 11.0 Å². The molecule has 1 aliphatic rings. The van der Waals surface area contributed by atoms with E-state index < -0.39 is 0 Å². The number of nitrogens with zero attached hydrogens (tertiary/aromatic N) is 4. The molecule has 2 heterocycles. The summed E-state index contributed by atoms with van der Waals surface area (Å²) in [4.78, 5) is 15.9. The van der Waals surface area contributed by atoms with Gasteiger partial charge in [-0.2, -0.15) is 0 Å². The maximum atomic E-state index is 5.95. The summed E-state index contributed by atoms with van der Waals surface area (Å²) in [7, 11) is 0. The highest BCUT2D eigenvalue weighted by atomic mass is 32.2. The second-order valence-electron chi connectivity index (χ2n) is 6.30. The summed E-state index contributed by atoms with van der Waals surface area (Å²) in [5.41, 5.74) is 13.5. The van der Waals surface area contributed by atoms with Gasteiger partial charge >= 0.3 is 0 Å². The number of nitrogens with one attached hydrogen (secondary N) is 1. The molecule has 1 aromatic heterocycles. The maximum Gasteiger partial charge on any atom is 0.191 e. The van der Waals surface area contributed by atoms with Crippen LogP contribution < -0.4 is 21.7 Å². The molecule has 1 aromatic carbocycles. The zero-order valence-corrected chi connectivity index (χ0v) is 16.2. The summed E-state index contributed by atoms with van der Waals surface area (Å²) in [6.07, 6.45) is 1.63. The molecule has 0 spiro atoms. The van der Waals surface area contributed by atoms with Crippen molar-refractivity contribution >= 4 is 29.2 Å². The zero-order chi connectivity index (χ0) is 19.1. The third-order valence-corrected chi connectivity index (χ3v) is 4.87. The first-order valence-corrected chi connectivity index (χ1v) is 9.88. The number of anilines is 1. The van der Waals surface area contributed by atoms with Crippen LogP contribution in [-0.2, 0) is 5.75 Å². The molecule has 0 unspecified atom stereocenters. The Balaban J connectivity index is 1.86. The Labute approximate surface area is 164 Å². The first kappa shape index (κ1) is 19.2. The van der Waals surface area contributed by atoms with Crippen molar-refractivity contribution < 1.29 is 0 Å². The standard InChI is InChI=1S/C19H25N7S/c1-14(20)11-16(21)23-17-12-18(26-9-7-22-8-10-26)25-19(24-17)27-13-15-5-3-2-4-6-15/h2-6,11-12,22H,7-10,13,20H2,1H3,(H2,21,23,24,25)/b14-11-. The average Bonchev–Trinajstić information content (AvgIpc) is 2.67. The van der Waals surface area contributed by atoms with Gasteiger partial charge in [0.05, 0.1) is 0 Å². The van der Waals surface area contributed by atoms with Gasteiger partial charge in [-0.25, -0.2) is 15.0 Å². The van der Waals surface area contributed by atoms with Crippen molar-refractivity contribution in [2.24, 2.45) is 16.5 Å². The van der Waals surface area contributed by atoms with E-state index in [1.165, 1.54) is 5.56 Å². The zero-order valence-electron chi connectivity index (χ0n) is 15.4. The van der Waals surface area contributed by atoms with Gasteiger partial charge in [-0.05, 0) is 18.6 Å². The lowest BCUT2D eigenvalue weighted by molar-refractivity contribution is 0.582. The van der Waals surface area contributed by atoms with Gasteiger partial charge in [0, 0.05) is 43.7 Å². The van der Waals surface area contributed by atoms with Crippen LogP contribution in [0.2, 0.25) is 0 Å². The minimum atomic E-state index is 0.332. The fourth-order valence-corrected chi connectivity index (χ4v) is 3.50. The third-order valence-electron chi connectivity index (χ3n) is 3.95. The summed E-state index contributed by atoms with van der Waals surface area (Å²) in [6.45, 7) is 5.45. The Morgan fingerprint density at radius 3 is 2.67 bits per heavy atom. The number of aromatic nitrogens is 2. The Morgan fingerprint density at radius 2 is 1.96 bits per heavy atom. The summed E-state index contributed by atoms with van der Waals surface area (Å²) in [5, 5.41) is 4.04. The highest BCUT2D eigenvalue weighted by Gasteiger charge is 2.15. The van der Waals surface area contributed by atoms with Crippen LogP contribution in [0.4, 0.5) is 11.6 Å². The summed E-state index contributed by atoms with van der Waals surface area (Å²) in [5.74, 6) is 2.55. The Kier molecular flexibility index (Phi) is 6.67. The lowest BCUT2D eigenvalue weighted by Gasteiger charge is -2.28. The molecule has 0 aliphatic carbocycles. The van der Waals surface area contributed by atoms with Crippen molar-refractivity contribution in [2.75, 3.05) is 31.1 Å². The number of piperazine rings is 1. The van der Waals surface area contributed by atoms with Crippen LogP contribution in [0.15, 0.2) is 58.3 Å². The van der Waals surface area contributed by atoms with Gasteiger partial charge in [0.1, 0.15) is 11.7 Å². The number of hydrogen-bond acceptors (Lipinski definition) is 7. The molecule has 1 fully saturated rings. The molecule has 8 heteroatoms. The largest absolute Gasteiger partial charge is 0.402 e. The van der Waals surface area contributed by atoms with E-state index in [4.69, 9.17) is 16.5 Å². The van der Waals surface area contributed by atoms with E-state index in [1.54, 1.807) is 24.8 Å². The monoisotopic (exact) mass is 383 g/mol. The van der Waals surface area contributed by atoms with Gasteiger partial charge in [-0.1, -0.05) is 42.1 Å². The molecule has 0 amide bonds. The molecule has 0 atom stereocenters. The SMILES string of the molecule is C/C(N)=C/C(N)=Nc1cc(N2CCNCC2)nc(SCc2ccccc2)n1. The third kappa shape index (κ3) is 5.97. The van der Waals surface area contributed by atoms with Crippen LogP contribution in [0.1, 0.15) is 12.5 Å². The van der Waals surface area contributed by atoms with Crippen LogP contribution in [0.3, 0.4) is 0 Å². The number of allylic oxidation sites excluding steroid dienone is 1. The Bertz CT molecular complexity index is 810. The van der Waals surface area contributed by atoms with Crippen LogP contribution >= 0.6 is 11.8 Å². The van der Waals surface area contributed by atoms with Crippen molar-refractivity contribution in [1.82, 2.24) is 15.3 Å². The summed E-state index contributed by atoms with van der Waals surface area (Å²) < 4.78 is 0. The molecule has 0 saturated carbocycles. The number of benzene rings is 1. The van der Waals surface area contributed by atoms with E-state index in [-0.39, 0.29) is 0 Å². The van der Waals surface area contributed by atoms with Crippen molar-refractivity contribution in [2.45, 2.75) is 17.8 Å². The van der Waals surface area contributed by atoms with Crippen molar-refractivity contribution in [3.8, 4) is 0 Å². The van der Waals surface area contributed by atoms with Crippen molar-refractivity contribution in [3.05, 3.63) is 53.7 Å². The van der Waals surface area contributed by atoms with Crippen LogP contribution in [0.25, 0.3) is 0 Å². The second kappa shape index (κ2) is 9.38. The van der Waals surface area contributed by atoms with Crippen LogP contribution in [-0.4, -0.2) is 42.0 Å². The van der Waals surface area contributed by atoms with E-state index in [0.29, 0.717) is 22.5 Å². The van der Waals surface area contributed by atoms with Gasteiger partial charge in [-0.3, -0.25) is 0 Å². The normalized spacial score (nSPS) is 15.8. The first-order valence-electron chi connectivity index (χ1n) is 8.89. The molecule has 27 heavy (non-hydrogen) atoms. The molecule has 1 aliphatic heterocycles. The molecule has 142 valence electrons. The van der Waals surface area contributed by atoms with E-state index in [9.17, 15) is 0 Å². The highest BCUT2D eigenvalue weighted by Crippen LogP contribution is 2.26. The first-order chi connectivity index (χ1) is 13.1. The van der Waals surface area contributed by atoms with E-state index in [2.05, 4.69) is 32.3 Å². The second-order valence-corrected chi connectivity index (χ2v) is 7.25. The van der Waals surface area contributed by atoms with Gasteiger partial charge in [-0.15, -0.1) is 0 Å². The van der Waals surface area contributed by atoms with Gasteiger partial charge in [0.2, 0.25) is 0 Å². The summed E-state index contributed by atoms with van der Waals surface area (Å²) in [6, 6.07) is 12.2. The number of hydrogen-bond donors (Lipinski definition) is 3. The van der Waals surface area contributed by atoms with Gasteiger partial charge in [0.25, 0.3) is 0 Å². The molecular weight excluding hydrogens is 358 g/mol. The number of thioether (sulfide) groups is 1. The number of aliphatic imine (C=N–C) groups is 1. The minimum Gasteiger partial charge on any atom is -0.402 e. The topological polar surface area (TPSA) is 105 Å². The molecule has 7 nitrogen and oxygen atoms in total. The molecule has 0 bridgehead atoms. The molecule has 2 aromatic rings. The van der Waals surface area contributed by atoms with E-state index in [1.807, 2.05) is 24.3 Å². The summed E-state index contributed by atoms with van der Waals surface area (Å²) >= 11 is 1.59. The number of nitrogens with two attached hydrogens (primary N) is 2. The lowest BCUT2D eigenvalue weighted by atomic mass is 10.2. The van der Waals surface area contributed by atoms with E-state index >= 15 is 0 Å². The molecule has 5 N–H and O–H groups in total. The Morgan fingerprint density at radius 1 is 1.22 bits per heavy atom. The molecule has 0 radical (unpaired) electrons. The predicted molar refractivity (Wildman–Crippen MR) is 112 cm³/mol. The lowest BCUT2D eigenvalue weighted by Crippen LogP contribution is -2.43. The van der Waals surface area contributed by atoms with Crippen LogP contribution in [0, 0.1) is 0 Å².